The summed E-state index contributed by atoms with van der Waals surface area (Å²) in [6.07, 6.45) is -0.413. The molecule has 1 N–H and O–H groups in total. The number of benzene rings is 1. The van der Waals surface area contributed by atoms with Gasteiger partial charge in [-0.3, -0.25) is 0 Å². The highest BCUT2D eigenvalue weighted by molar-refractivity contribution is 5.71. The Kier molecular flexibility index (Phi) is 4.37. The maximum Gasteiger partial charge on any atom is 0.412 e. The van der Waals surface area contributed by atoms with Crippen LogP contribution in [0.1, 0.15) is 18.1 Å². The molecular formula is C13H20N2O2. The van der Waals surface area contributed by atoms with Gasteiger partial charge < -0.3 is 15.0 Å². The van der Waals surface area contributed by atoms with Crippen molar-refractivity contribution in [2.24, 2.45) is 0 Å². The van der Waals surface area contributed by atoms with Crippen LogP contribution < -0.4 is 15.0 Å². The first kappa shape index (κ1) is 13.4. The van der Waals surface area contributed by atoms with Crippen LogP contribution in [0.5, 0.6) is 5.75 Å². The van der Waals surface area contributed by atoms with Crippen molar-refractivity contribution >= 4 is 11.8 Å². The number of rotatable bonds is 3. The molecule has 1 aromatic carbocycles. The van der Waals surface area contributed by atoms with E-state index in [2.05, 4.69) is 10.2 Å². The molecule has 4 nitrogen and oxygen atoms in total. The van der Waals surface area contributed by atoms with Crippen LogP contribution in [-0.4, -0.2) is 26.7 Å². The standard InChI is InChI=1S/C13H20N2O2/c1-6-14-13(16)17-11-7-9(2)12(15(4)5)10(3)8-11/h7-8H,6H2,1-5H3,(H,14,16). The van der Waals surface area contributed by atoms with Gasteiger partial charge in [-0.2, -0.15) is 0 Å². The molecule has 17 heavy (non-hydrogen) atoms. The zero-order valence-corrected chi connectivity index (χ0v) is 11.1. The average Bonchev–Trinajstić information content (AvgIpc) is 2.15. The van der Waals surface area contributed by atoms with Crippen molar-refractivity contribution in [3.05, 3.63) is 23.3 Å². The molecule has 0 aromatic heterocycles. The fraction of sp³-hybridized carbons (Fsp3) is 0.462. The summed E-state index contributed by atoms with van der Waals surface area (Å²) in [7, 11) is 4.00. The van der Waals surface area contributed by atoms with E-state index in [4.69, 9.17) is 4.74 Å². The lowest BCUT2D eigenvalue weighted by atomic mass is 10.1. The molecule has 0 atom stereocenters. The predicted molar refractivity (Wildman–Crippen MR) is 69.9 cm³/mol. The van der Waals surface area contributed by atoms with E-state index in [0.29, 0.717) is 12.3 Å². The number of carbonyl (C=O) groups is 1. The lowest BCUT2D eigenvalue weighted by molar-refractivity contribution is 0.201. The van der Waals surface area contributed by atoms with Gasteiger partial charge in [0.1, 0.15) is 5.75 Å². The van der Waals surface area contributed by atoms with E-state index in [1.165, 1.54) is 0 Å². The normalized spacial score (nSPS) is 9.94. The van der Waals surface area contributed by atoms with E-state index >= 15 is 0 Å². The topological polar surface area (TPSA) is 41.6 Å². The van der Waals surface area contributed by atoms with Crippen molar-refractivity contribution in [3.8, 4) is 5.75 Å². The first-order valence-electron chi connectivity index (χ1n) is 5.70. The van der Waals surface area contributed by atoms with Crippen LogP contribution in [0.15, 0.2) is 12.1 Å². The highest BCUT2D eigenvalue weighted by atomic mass is 16.6. The summed E-state index contributed by atoms with van der Waals surface area (Å²) in [5, 5.41) is 2.60. The second-order valence-corrected chi connectivity index (χ2v) is 4.22. The molecule has 1 rings (SSSR count). The Balaban J connectivity index is 2.94. The van der Waals surface area contributed by atoms with Crippen molar-refractivity contribution in [3.63, 3.8) is 0 Å². The summed E-state index contributed by atoms with van der Waals surface area (Å²) in [5.41, 5.74) is 3.34. The van der Waals surface area contributed by atoms with Crippen molar-refractivity contribution < 1.29 is 9.53 Å². The fourth-order valence-corrected chi connectivity index (χ4v) is 1.97. The first-order chi connectivity index (χ1) is 7.95. The Morgan fingerprint density at radius 3 is 2.24 bits per heavy atom. The summed E-state index contributed by atoms with van der Waals surface area (Å²) in [6.45, 7) is 6.43. The molecule has 0 unspecified atom stereocenters. The third-order valence-corrected chi connectivity index (χ3v) is 2.44. The Morgan fingerprint density at radius 2 is 1.82 bits per heavy atom. The second kappa shape index (κ2) is 5.57. The molecule has 0 aliphatic heterocycles. The largest absolute Gasteiger partial charge is 0.412 e. The number of carbonyl (C=O) groups excluding carboxylic acids is 1. The summed E-state index contributed by atoms with van der Waals surface area (Å²) >= 11 is 0. The van der Waals surface area contributed by atoms with E-state index in [1.54, 1.807) is 0 Å². The maximum absolute atomic E-state index is 11.3. The SMILES string of the molecule is CCNC(=O)Oc1cc(C)c(N(C)C)c(C)c1. The number of hydrogen-bond acceptors (Lipinski definition) is 3. The van der Waals surface area contributed by atoms with Gasteiger partial charge in [-0.15, -0.1) is 0 Å². The number of nitrogens with one attached hydrogen (secondary N) is 1. The zero-order valence-electron chi connectivity index (χ0n) is 11.1. The number of anilines is 1. The van der Waals surface area contributed by atoms with E-state index < -0.39 is 6.09 Å². The van der Waals surface area contributed by atoms with Crippen molar-refractivity contribution in [2.45, 2.75) is 20.8 Å². The third-order valence-electron chi connectivity index (χ3n) is 2.44. The number of amides is 1. The van der Waals surface area contributed by atoms with Gasteiger partial charge in [0.2, 0.25) is 0 Å². The fourth-order valence-electron chi connectivity index (χ4n) is 1.97. The molecule has 0 bridgehead atoms. The molecule has 0 radical (unpaired) electrons. The van der Waals surface area contributed by atoms with Crippen molar-refractivity contribution in [1.29, 1.82) is 0 Å². The van der Waals surface area contributed by atoms with Crippen LogP contribution in [0.25, 0.3) is 0 Å². The molecule has 94 valence electrons. The number of aryl methyl sites for hydroxylation is 2. The minimum atomic E-state index is -0.413. The number of hydrogen-bond donors (Lipinski definition) is 1. The lowest BCUT2D eigenvalue weighted by Gasteiger charge is -2.19. The molecule has 0 aliphatic rings. The smallest absolute Gasteiger partial charge is 0.410 e. The summed E-state index contributed by atoms with van der Waals surface area (Å²) in [5.74, 6) is 0.580. The molecule has 1 aromatic rings. The second-order valence-electron chi connectivity index (χ2n) is 4.22. The Bertz CT molecular complexity index is 391. The summed E-state index contributed by atoms with van der Waals surface area (Å²) in [4.78, 5) is 13.4. The zero-order chi connectivity index (χ0) is 13.0. The quantitative estimate of drug-likeness (QED) is 0.876. The van der Waals surface area contributed by atoms with E-state index in [9.17, 15) is 4.79 Å². The summed E-state index contributed by atoms with van der Waals surface area (Å²) < 4.78 is 5.18. The first-order valence-corrected chi connectivity index (χ1v) is 5.70. The van der Waals surface area contributed by atoms with E-state index in [1.807, 2.05) is 47.0 Å². The van der Waals surface area contributed by atoms with Crippen LogP contribution in [-0.2, 0) is 0 Å². The van der Waals surface area contributed by atoms with Crippen molar-refractivity contribution in [2.75, 3.05) is 25.5 Å². The molecule has 0 heterocycles. The molecule has 0 saturated heterocycles. The van der Waals surface area contributed by atoms with Gasteiger partial charge in [0.25, 0.3) is 0 Å². The molecule has 4 heteroatoms. The highest BCUT2D eigenvalue weighted by Crippen LogP contribution is 2.28. The molecular weight excluding hydrogens is 216 g/mol. The molecule has 1 amide bonds. The highest BCUT2D eigenvalue weighted by Gasteiger charge is 2.09. The third kappa shape index (κ3) is 3.37. The monoisotopic (exact) mass is 236 g/mol. The minimum Gasteiger partial charge on any atom is -0.410 e. The predicted octanol–water partition coefficient (Wildman–Crippen LogP) is 2.48. The van der Waals surface area contributed by atoms with Gasteiger partial charge >= 0.3 is 6.09 Å². The number of ether oxygens (including phenoxy) is 1. The minimum absolute atomic E-state index is 0.413. The van der Waals surface area contributed by atoms with Crippen LogP contribution in [0.2, 0.25) is 0 Å². The van der Waals surface area contributed by atoms with E-state index in [0.717, 1.165) is 16.8 Å². The van der Waals surface area contributed by atoms with E-state index in [-0.39, 0.29) is 0 Å². The lowest BCUT2D eigenvalue weighted by Crippen LogP contribution is -2.26. The molecule has 0 aliphatic carbocycles. The molecule has 0 fully saturated rings. The van der Waals surface area contributed by atoms with Gasteiger partial charge in [-0.25, -0.2) is 4.79 Å². The van der Waals surface area contributed by atoms with Crippen LogP contribution >= 0.6 is 0 Å². The van der Waals surface area contributed by atoms with Crippen LogP contribution in [0.3, 0.4) is 0 Å². The Labute approximate surface area is 103 Å². The van der Waals surface area contributed by atoms with Gasteiger partial charge in [0.05, 0.1) is 0 Å². The maximum atomic E-state index is 11.3. The Hall–Kier alpha value is -1.71. The van der Waals surface area contributed by atoms with Gasteiger partial charge in [0, 0.05) is 26.3 Å². The summed E-state index contributed by atoms with van der Waals surface area (Å²) in [6, 6.07) is 3.75. The molecule has 0 spiro atoms. The van der Waals surface area contributed by atoms with Gasteiger partial charge in [-0.1, -0.05) is 0 Å². The van der Waals surface area contributed by atoms with Gasteiger partial charge in [0.15, 0.2) is 0 Å². The van der Waals surface area contributed by atoms with Gasteiger partial charge in [-0.05, 0) is 44.0 Å². The molecule has 0 saturated carbocycles. The number of nitrogens with zero attached hydrogens (tertiary/aromatic N) is 1. The average molecular weight is 236 g/mol. The van der Waals surface area contributed by atoms with Crippen LogP contribution in [0, 0.1) is 13.8 Å². The van der Waals surface area contributed by atoms with Crippen LogP contribution in [0.4, 0.5) is 10.5 Å². The Morgan fingerprint density at radius 1 is 1.29 bits per heavy atom. The van der Waals surface area contributed by atoms with Crippen molar-refractivity contribution in [1.82, 2.24) is 5.32 Å².